The molecule has 0 bridgehead atoms. The first-order chi connectivity index (χ1) is 7.55. The van der Waals surface area contributed by atoms with Crippen LogP contribution in [0.25, 0.3) is 0 Å². The molecule has 1 nitrogen and oxygen atoms in total. The summed E-state index contributed by atoms with van der Waals surface area (Å²) in [6.45, 7) is 8.66. The second kappa shape index (κ2) is 5.19. The van der Waals surface area contributed by atoms with Gasteiger partial charge < -0.3 is 4.90 Å². The van der Waals surface area contributed by atoms with E-state index in [0.29, 0.717) is 10.2 Å². The van der Waals surface area contributed by atoms with Crippen molar-refractivity contribution in [3.8, 4) is 0 Å². The molecular formula is C13H24BrNS. The second-order valence-electron chi connectivity index (χ2n) is 6.16. The fraction of sp³-hybridized carbons (Fsp3) is 1.00. The van der Waals surface area contributed by atoms with Gasteiger partial charge in [0.1, 0.15) is 0 Å². The van der Waals surface area contributed by atoms with Crippen LogP contribution in [-0.2, 0) is 0 Å². The van der Waals surface area contributed by atoms with Crippen LogP contribution >= 0.6 is 27.7 Å². The molecule has 2 rings (SSSR count). The van der Waals surface area contributed by atoms with Crippen LogP contribution < -0.4 is 0 Å². The van der Waals surface area contributed by atoms with Gasteiger partial charge in [-0.3, -0.25) is 0 Å². The molecule has 0 amide bonds. The summed E-state index contributed by atoms with van der Waals surface area (Å²) in [6.07, 6.45) is 5.75. The maximum absolute atomic E-state index is 3.76. The third-order valence-corrected chi connectivity index (χ3v) is 6.50. The largest absolute Gasteiger partial charge is 0.301 e. The standard InChI is InChI=1S/C13H24BrNS/c1-12(2)10-15(7-8-16-12)11-13(9-14)5-3-4-6-13/h3-11H2,1-2H3. The van der Waals surface area contributed by atoms with Crippen molar-refractivity contribution >= 4 is 27.7 Å². The van der Waals surface area contributed by atoms with E-state index in [0.717, 1.165) is 0 Å². The predicted octanol–water partition coefficient (Wildman–Crippen LogP) is 3.77. The van der Waals surface area contributed by atoms with Gasteiger partial charge in [-0.15, -0.1) is 0 Å². The summed E-state index contributed by atoms with van der Waals surface area (Å²) >= 11 is 5.89. The summed E-state index contributed by atoms with van der Waals surface area (Å²) < 4.78 is 0.463. The van der Waals surface area contributed by atoms with E-state index in [1.54, 1.807) is 0 Å². The lowest BCUT2D eigenvalue weighted by molar-refractivity contribution is 0.166. The van der Waals surface area contributed by atoms with Crippen molar-refractivity contribution in [2.45, 2.75) is 44.3 Å². The smallest absolute Gasteiger partial charge is 0.0231 e. The average Bonchev–Trinajstić information content (AvgIpc) is 2.65. The molecule has 1 aliphatic carbocycles. The Bertz CT molecular complexity index is 236. The van der Waals surface area contributed by atoms with Gasteiger partial charge in [0.2, 0.25) is 0 Å². The van der Waals surface area contributed by atoms with Gasteiger partial charge in [-0.2, -0.15) is 11.8 Å². The average molecular weight is 306 g/mol. The molecule has 16 heavy (non-hydrogen) atoms. The Hall–Kier alpha value is 0.790. The molecule has 0 N–H and O–H groups in total. The number of alkyl halides is 1. The minimum Gasteiger partial charge on any atom is -0.301 e. The number of hydrogen-bond donors (Lipinski definition) is 0. The fourth-order valence-electron chi connectivity index (χ4n) is 3.18. The zero-order chi connectivity index (χ0) is 11.6. The lowest BCUT2D eigenvalue weighted by Crippen LogP contribution is -2.47. The van der Waals surface area contributed by atoms with Crippen molar-refractivity contribution in [3.05, 3.63) is 0 Å². The Morgan fingerprint density at radius 1 is 1.25 bits per heavy atom. The number of hydrogen-bond acceptors (Lipinski definition) is 2. The maximum atomic E-state index is 3.76. The van der Waals surface area contributed by atoms with Crippen molar-refractivity contribution in [1.82, 2.24) is 4.90 Å². The van der Waals surface area contributed by atoms with E-state index in [1.165, 1.54) is 56.4 Å². The fourth-order valence-corrected chi connectivity index (χ4v) is 5.10. The highest BCUT2D eigenvalue weighted by molar-refractivity contribution is 9.09. The molecule has 3 heteroatoms. The summed E-state index contributed by atoms with van der Waals surface area (Å²) in [6, 6.07) is 0. The van der Waals surface area contributed by atoms with E-state index in [-0.39, 0.29) is 0 Å². The summed E-state index contributed by atoms with van der Waals surface area (Å²) in [5.74, 6) is 1.31. The Balaban J connectivity index is 1.93. The molecule has 94 valence electrons. The lowest BCUT2D eigenvalue weighted by atomic mass is 9.88. The minimum atomic E-state index is 0.463. The van der Waals surface area contributed by atoms with Crippen LogP contribution in [0, 0.1) is 5.41 Å². The Labute approximate surface area is 113 Å². The third kappa shape index (κ3) is 3.17. The molecule has 1 saturated carbocycles. The minimum absolute atomic E-state index is 0.463. The normalized spacial score (nSPS) is 29.4. The van der Waals surface area contributed by atoms with Gasteiger partial charge in [-0.05, 0) is 32.1 Å². The molecule has 0 unspecified atom stereocenters. The van der Waals surface area contributed by atoms with Gasteiger partial charge in [0.15, 0.2) is 0 Å². The quantitative estimate of drug-likeness (QED) is 0.730. The molecule has 1 aliphatic heterocycles. The van der Waals surface area contributed by atoms with Crippen LogP contribution in [0.3, 0.4) is 0 Å². The first-order valence-corrected chi connectivity index (χ1v) is 8.58. The van der Waals surface area contributed by atoms with Crippen molar-refractivity contribution < 1.29 is 0 Å². The zero-order valence-corrected chi connectivity index (χ0v) is 13.0. The Morgan fingerprint density at radius 2 is 1.94 bits per heavy atom. The molecule has 0 radical (unpaired) electrons. The van der Waals surface area contributed by atoms with Gasteiger partial charge in [-0.25, -0.2) is 0 Å². The highest BCUT2D eigenvalue weighted by atomic mass is 79.9. The van der Waals surface area contributed by atoms with E-state index in [9.17, 15) is 0 Å². The molecular weight excluding hydrogens is 282 g/mol. The number of thioether (sulfide) groups is 1. The van der Waals surface area contributed by atoms with E-state index in [1.807, 2.05) is 0 Å². The molecule has 1 heterocycles. The summed E-state index contributed by atoms with van der Waals surface area (Å²) in [4.78, 5) is 2.71. The first kappa shape index (κ1) is 13.2. The molecule has 0 aromatic carbocycles. The van der Waals surface area contributed by atoms with E-state index in [4.69, 9.17) is 0 Å². The van der Waals surface area contributed by atoms with Crippen LogP contribution in [0.4, 0.5) is 0 Å². The molecule has 0 atom stereocenters. The van der Waals surface area contributed by atoms with E-state index < -0.39 is 0 Å². The maximum Gasteiger partial charge on any atom is 0.0231 e. The van der Waals surface area contributed by atoms with Crippen molar-refractivity contribution in [1.29, 1.82) is 0 Å². The van der Waals surface area contributed by atoms with Crippen LogP contribution in [0.2, 0.25) is 0 Å². The highest BCUT2D eigenvalue weighted by Crippen LogP contribution is 2.41. The summed E-state index contributed by atoms with van der Waals surface area (Å²) in [5.41, 5.74) is 0.595. The second-order valence-corrected chi connectivity index (χ2v) is 8.52. The lowest BCUT2D eigenvalue weighted by Gasteiger charge is -2.42. The topological polar surface area (TPSA) is 3.24 Å². The molecule has 0 aromatic rings. The van der Waals surface area contributed by atoms with Crippen LogP contribution in [0.15, 0.2) is 0 Å². The van der Waals surface area contributed by atoms with E-state index in [2.05, 4.69) is 46.4 Å². The van der Waals surface area contributed by atoms with E-state index >= 15 is 0 Å². The Morgan fingerprint density at radius 3 is 2.50 bits per heavy atom. The molecule has 1 saturated heterocycles. The van der Waals surface area contributed by atoms with Gasteiger partial charge in [-0.1, -0.05) is 28.8 Å². The Kier molecular flexibility index (Phi) is 4.29. The number of halogens is 1. The van der Waals surface area contributed by atoms with Crippen LogP contribution in [-0.4, -0.2) is 40.4 Å². The number of rotatable bonds is 3. The number of nitrogens with zero attached hydrogens (tertiary/aromatic N) is 1. The van der Waals surface area contributed by atoms with Gasteiger partial charge in [0.05, 0.1) is 0 Å². The van der Waals surface area contributed by atoms with Gasteiger partial charge in [0.25, 0.3) is 0 Å². The van der Waals surface area contributed by atoms with Crippen LogP contribution in [0.5, 0.6) is 0 Å². The monoisotopic (exact) mass is 305 g/mol. The molecule has 0 spiro atoms. The first-order valence-electron chi connectivity index (χ1n) is 6.48. The zero-order valence-electron chi connectivity index (χ0n) is 10.6. The van der Waals surface area contributed by atoms with Crippen molar-refractivity contribution in [2.24, 2.45) is 5.41 Å². The summed E-state index contributed by atoms with van der Waals surface area (Å²) in [7, 11) is 0. The molecule has 2 fully saturated rings. The van der Waals surface area contributed by atoms with Crippen molar-refractivity contribution in [3.63, 3.8) is 0 Å². The highest BCUT2D eigenvalue weighted by Gasteiger charge is 2.37. The van der Waals surface area contributed by atoms with Crippen molar-refractivity contribution in [2.75, 3.05) is 30.7 Å². The third-order valence-electron chi connectivity index (χ3n) is 4.01. The van der Waals surface area contributed by atoms with Gasteiger partial charge in [0, 0.05) is 35.5 Å². The molecule has 0 aromatic heterocycles. The van der Waals surface area contributed by atoms with Crippen LogP contribution in [0.1, 0.15) is 39.5 Å². The molecule has 2 aliphatic rings. The summed E-state index contributed by atoms with van der Waals surface area (Å²) in [5, 5.41) is 1.20. The van der Waals surface area contributed by atoms with Gasteiger partial charge >= 0.3 is 0 Å². The SMILES string of the molecule is CC1(C)CN(CC2(CBr)CCCC2)CCS1. The predicted molar refractivity (Wildman–Crippen MR) is 77.7 cm³/mol.